The lowest BCUT2D eigenvalue weighted by molar-refractivity contribution is -0.124. The Hall–Kier alpha value is -1.51. The Labute approximate surface area is 110 Å². The molecule has 0 aromatic heterocycles. The Morgan fingerprint density at radius 2 is 1.94 bits per heavy atom. The van der Waals surface area contributed by atoms with Crippen LogP contribution in [-0.2, 0) is 11.3 Å². The van der Waals surface area contributed by atoms with Gasteiger partial charge in [0.2, 0.25) is 5.91 Å². The summed E-state index contributed by atoms with van der Waals surface area (Å²) in [6.07, 6.45) is 0. The summed E-state index contributed by atoms with van der Waals surface area (Å²) < 4.78 is 5.32. The van der Waals surface area contributed by atoms with Crippen LogP contribution in [0.1, 0.15) is 44.7 Å². The van der Waals surface area contributed by atoms with Gasteiger partial charge in [0, 0.05) is 18.0 Å². The van der Waals surface area contributed by atoms with Crippen LogP contribution in [0.4, 0.5) is 0 Å². The number of hydrogen-bond donors (Lipinski definition) is 1. The highest BCUT2D eigenvalue weighted by molar-refractivity contribution is 5.77. The molecule has 0 aliphatic carbocycles. The zero-order valence-corrected chi connectivity index (χ0v) is 11.9. The third-order valence-corrected chi connectivity index (χ3v) is 2.95. The second-order valence-corrected chi connectivity index (χ2v) is 5.10. The average Bonchev–Trinajstić information content (AvgIpc) is 2.35. The molecule has 0 heterocycles. The SMILES string of the molecule is COc1ccc(C(C)C)cc1CNC(=O)C(C)C. The van der Waals surface area contributed by atoms with Crippen LogP contribution in [0.3, 0.4) is 0 Å². The highest BCUT2D eigenvalue weighted by Crippen LogP contribution is 2.24. The van der Waals surface area contributed by atoms with E-state index >= 15 is 0 Å². The molecule has 1 aromatic rings. The lowest BCUT2D eigenvalue weighted by atomic mass is 10.00. The zero-order valence-electron chi connectivity index (χ0n) is 11.9. The smallest absolute Gasteiger partial charge is 0.222 e. The minimum Gasteiger partial charge on any atom is -0.496 e. The summed E-state index contributed by atoms with van der Waals surface area (Å²) in [6.45, 7) is 8.59. The van der Waals surface area contributed by atoms with Crippen molar-refractivity contribution in [3.8, 4) is 5.75 Å². The quantitative estimate of drug-likeness (QED) is 0.871. The third kappa shape index (κ3) is 3.76. The second-order valence-electron chi connectivity index (χ2n) is 5.10. The van der Waals surface area contributed by atoms with Crippen molar-refractivity contribution in [2.75, 3.05) is 7.11 Å². The normalized spacial score (nSPS) is 10.8. The van der Waals surface area contributed by atoms with Crippen LogP contribution in [0.15, 0.2) is 18.2 Å². The molecule has 1 amide bonds. The first-order valence-electron chi connectivity index (χ1n) is 6.40. The predicted octanol–water partition coefficient (Wildman–Crippen LogP) is 3.09. The van der Waals surface area contributed by atoms with E-state index in [0.717, 1.165) is 11.3 Å². The van der Waals surface area contributed by atoms with Gasteiger partial charge in [-0.25, -0.2) is 0 Å². The molecule has 3 nitrogen and oxygen atoms in total. The van der Waals surface area contributed by atoms with Crippen LogP contribution in [0.5, 0.6) is 5.75 Å². The lowest BCUT2D eigenvalue weighted by Gasteiger charge is -2.14. The van der Waals surface area contributed by atoms with Gasteiger partial charge in [-0.3, -0.25) is 4.79 Å². The van der Waals surface area contributed by atoms with E-state index in [2.05, 4.69) is 31.3 Å². The number of ether oxygens (including phenoxy) is 1. The first-order valence-corrected chi connectivity index (χ1v) is 6.40. The van der Waals surface area contributed by atoms with Gasteiger partial charge in [-0.05, 0) is 17.5 Å². The molecule has 0 saturated carbocycles. The Morgan fingerprint density at radius 3 is 2.44 bits per heavy atom. The minimum atomic E-state index is 0.00396. The maximum absolute atomic E-state index is 11.6. The molecular formula is C15H23NO2. The van der Waals surface area contributed by atoms with Crippen LogP contribution in [-0.4, -0.2) is 13.0 Å². The summed E-state index contributed by atoms with van der Waals surface area (Å²) in [5, 5.41) is 2.92. The molecular weight excluding hydrogens is 226 g/mol. The number of methoxy groups -OCH3 is 1. The first-order chi connectivity index (χ1) is 8.45. The van der Waals surface area contributed by atoms with Gasteiger partial charge >= 0.3 is 0 Å². The van der Waals surface area contributed by atoms with Crippen molar-refractivity contribution in [3.05, 3.63) is 29.3 Å². The second kappa shape index (κ2) is 6.43. The summed E-state index contributed by atoms with van der Waals surface area (Å²) in [4.78, 5) is 11.6. The maximum atomic E-state index is 11.6. The summed E-state index contributed by atoms with van der Waals surface area (Å²) in [6, 6.07) is 6.13. The predicted molar refractivity (Wildman–Crippen MR) is 73.8 cm³/mol. The van der Waals surface area contributed by atoms with E-state index in [1.54, 1.807) is 7.11 Å². The van der Waals surface area contributed by atoms with Crippen molar-refractivity contribution in [1.29, 1.82) is 0 Å². The van der Waals surface area contributed by atoms with Crippen molar-refractivity contribution < 1.29 is 9.53 Å². The monoisotopic (exact) mass is 249 g/mol. The van der Waals surface area contributed by atoms with Gasteiger partial charge in [0.1, 0.15) is 5.75 Å². The van der Waals surface area contributed by atoms with Crippen LogP contribution in [0, 0.1) is 5.92 Å². The zero-order chi connectivity index (χ0) is 13.7. The Bertz CT molecular complexity index is 411. The van der Waals surface area contributed by atoms with E-state index < -0.39 is 0 Å². The van der Waals surface area contributed by atoms with E-state index in [1.807, 2.05) is 19.9 Å². The van der Waals surface area contributed by atoms with E-state index in [9.17, 15) is 4.79 Å². The van der Waals surface area contributed by atoms with Gasteiger partial charge in [0.05, 0.1) is 7.11 Å². The molecule has 0 fully saturated rings. The molecule has 0 spiro atoms. The van der Waals surface area contributed by atoms with E-state index in [1.165, 1.54) is 5.56 Å². The fourth-order valence-corrected chi connectivity index (χ4v) is 1.68. The number of amides is 1. The number of hydrogen-bond acceptors (Lipinski definition) is 2. The highest BCUT2D eigenvalue weighted by atomic mass is 16.5. The molecule has 0 unspecified atom stereocenters. The van der Waals surface area contributed by atoms with Gasteiger partial charge in [-0.1, -0.05) is 39.8 Å². The summed E-state index contributed by atoms with van der Waals surface area (Å²) >= 11 is 0. The van der Waals surface area contributed by atoms with Gasteiger partial charge in [0.25, 0.3) is 0 Å². The number of nitrogens with one attached hydrogen (secondary N) is 1. The van der Waals surface area contributed by atoms with Crippen LogP contribution >= 0.6 is 0 Å². The average molecular weight is 249 g/mol. The topological polar surface area (TPSA) is 38.3 Å². The number of rotatable bonds is 5. The molecule has 0 radical (unpaired) electrons. The van der Waals surface area contributed by atoms with Gasteiger partial charge in [0.15, 0.2) is 0 Å². The van der Waals surface area contributed by atoms with Crippen molar-refractivity contribution >= 4 is 5.91 Å². The largest absolute Gasteiger partial charge is 0.496 e. The van der Waals surface area contributed by atoms with Gasteiger partial charge < -0.3 is 10.1 Å². The molecule has 3 heteroatoms. The lowest BCUT2D eigenvalue weighted by Crippen LogP contribution is -2.27. The Balaban J connectivity index is 2.85. The van der Waals surface area contributed by atoms with Gasteiger partial charge in [-0.2, -0.15) is 0 Å². The summed E-state index contributed by atoms with van der Waals surface area (Å²) in [5.74, 6) is 1.36. The molecule has 0 saturated heterocycles. The van der Waals surface area contributed by atoms with E-state index in [0.29, 0.717) is 12.5 Å². The van der Waals surface area contributed by atoms with E-state index in [-0.39, 0.29) is 11.8 Å². The summed E-state index contributed by atoms with van der Waals surface area (Å²) in [5.41, 5.74) is 2.28. The minimum absolute atomic E-state index is 0.00396. The van der Waals surface area contributed by atoms with E-state index in [4.69, 9.17) is 4.74 Å². The Morgan fingerprint density at radius 1 is 1.28 bits per heavy atom. The molecule has 1 aromatic carbocycles. The molecule has 0 aliphatic rings. The third-order valence-electron chi connectivity index (χ3n) is 2.95. The van der Waals surface area contributed by atoms with Crippen LogP contribution in [0.2, 0.25) is 0 Å². The number of benzene rings is 1. The molecule has 0 bridgehead atoms. The fourth-order valence-electron chi connectivity index (χ4n) is 1.68. The van der Waals surface area contributed by atoms with Crippen molar-refractivity contribution in [3.63, 3.8) is 0 Å². The Kier molecular flexibility index (Phi) is 5.20. The molecule has 0 atom stereocenters. The van der Waals surface area contributed by atoms with Crippen molar-refractivity contribution in [2.24, 2.45) is 5.92 Å². The summed E-state index contributed by atoms with van der Waals surface area (Å²) in [7, 11) is 1.65. The van der Waals surface area contributed by atoms with Crippen molar-refractivity contribution in [2.45, 2.75) is 40.2 Å². The number of carbonyl (C=O) groups excluding carboxylic acids is 1. The number of carbonyl (C=O) groups is 1. The van der Waals surface area contributed by atoms with Gasteiger partial charge in [-0.15, -0.1) is 0 Å². The molecule has 1 rings (SSSR count). The first kappa shape index (κ1) is 14.6. The molecule has 18 heavy (non-hydrogen) atoms. The maximum Gasteiger partial charge on any atom is 0.222 e. The standard InChI is InChI=1S/C15H23NO2/c1-10(2)12-6-7-14(18-5)13(8-12)9-16-15(17)11(3)4/h6-8,10-11H,9H2,1-5H3,(H,16,17). The molecule has 0 aliphatic heterocycles. The molecule has 1 N–H and O–H groups in total. The van der Waals surface area contributed by atoms with Crippen LogP contribution in [0.25, 0.3) is 0 Å². The van der Waals surface area contributed by atoms with Crippen molar-refractivity contribution in [1.82, 2.24) is 5.32 Å². The molecule has 100 valence electrons. The fraction of sp³-hybridized carbons (Fsp3) is 0.533. The van der Waals surface area contributed by atoms with Crippen LogP contribution < -0.4 is 10.1 Å². The highest BCUT2D eigenvalue weighted by Gasteiger charge is 2.10.